The van der Waals surface area contributed by atoms with Gasteiger partial charge < -0.3 is 24.2 Å². The minimum Gasteiger partial charge on any atom is -0.456 e. The van der Waals surface area contributed by atoms with Gasteiger partial charge >= 0.3 is 0 Å². The Morgan fingerprint density at radius 1 is 0.208 bits per heavy atom. The largest absolute Gasteiger partial charge is 0.456 e. The Kier molecular flexibility index (Phi) is 21.3. The topological polar surface area (TPSA) is 87.0 Å². The zero-order chi connectivity index (χ0) is 81.3. The maximum Gasteiger partial charge on any atom is 0.144 e. The number of hydrogen-bond donors (Lipinski definition) is 3. The van der Waals surface area contributed by atoms with Crippen molar-refractivity contribution >= 4 is 123 Å². The van der Waals surface area contributed by atoms with Gasteiger partial charge in [-0.1, -0.05) is 424 Å². The van der Waals surface area contributed by atoms with E-state index in [4.69, 9.17) is 8.83 Å². The molecule has 0 aliphatic rings. The van der Waals surface area contributed by atoms with E-state index < -0.39 is 16.8 Å². The molecule has 9 heteroatoms. The van der Waals surface area contributed by atoms with Crippen molar-refractivity contribution in [3.8, 4) is 66.8 Å². The van der Waals surface area contributed by atoms with E-state index in [0.29, 0.717) is 11.1 Å². The van der Waals surface area contributed by atoms with Crippen LogP contribution in [-0.2, 0) is 16.8 Å². The fourth-order valence-electron chi connectivity index (χ4n) is 17.2. The van der Waals surface area contributed by atoms with Gasteiger partial charge in [0.15, 0.2) is 0 Å². The minimum atomic E-state index is -1.49. The first-order valence-electron chi connectivity index (χ1n) is 39.8. The Hall–Kier alpha value is -12.9. The van der Waals surface area contributed by atoms with Crippen LogP contribution in [0, 0.1) is 0 Å². The molecule has 576 valence electrons. The maximum atomic E-state index is 13.1. The molecule has 0 radical (unpaired) electrons. The van der Waals surface area contributed by atoms with Gasteiger partial charge in [0.2, 0.25) is 0 Å². The third-order valence-corrected chi connectivity index (χ3v) is 25.7. The van der Waals surface area contributed by atoms with E-state index in [0.717, 1.165) is 157 Å². The molecular weight excluding hydrogens is 1680 g/mol. The molecule has 0 fully saturated rings. The minimum absolute atomic E-state index is 0.685. The van der Waals surface area contributed by atoms with Crippen molar-refractivity contribution < 1.29 is 24.2 Å². The first kappa shape index (κ1) is 77.0. The SMILES string of the molecule is OC(c1ccc(-c2cccc(Br)c2)cc1)(c1ccccc1-c1ccccc1)c1cccc2c1oc1ccccc12.OC(c1ccc(-c2cccc3c2sc2ccccc23)cc1)(c1cccc(Br)c1)c1ccccc1-c1ccccc1.OC(c1ccc(Br)cc1)(c1cccc(-c2cccc3c2oc2ccccc23)c1)c1ccccc1-c1ccccc1. The number of rotatable bonds is 15. The summed E-state index contributed by atoms with van der Waals surface area (Å²) in [7, 11) is 0. The van der Waals surface area contributed by atoms with E-state index in [-0.39, 0.29) is 0 Å². The molecule has 3 unspecified atom stereocenters. The van der Waals surface area contributed by atoms with Crippen LogP contribution in [-0.4, -0.2) is 15.3 Å². The van der Waals surface area contributed by atoms with Crippen molar-refractivity contribution in [2.24, 2.45) is 0 Å². The van der Waals surface area contributed by atoms with Gasteiger partial charge in [0.1, 0.15) is 39.1 Å². The van der Waals surface area contributed by atoms with Gasteiger partial charge in [-0.3, -0.25) is 0 Å². The smallest absolute Gasteiger partial charge is 0.144 e. The molecule has 0 saturated carbocycles. The summed E-state index contributed by atoms with van der Waals surface area (Å²) in [6, 6.07) is 148. The Morgan fingerprint density at radius 2 is 0.567 bits per heavy atom. The highest BCUT2D eigenvalue weighted by Gasteiger charge is 2.41. The van der Waals surface area contributed by atoms with Gasteiger partial charge in [0.05, 0.1) is 0 Å². The van der Waals surface area contributed by atoms with Crippen molar-refractivity contribution in [3.63, 3.8) is 0 Å². The molecule has 0 aliphatic carbocycles. The second-order valence-electron chi connectivity index (χ2n) is 30.0. The van der Waals surface area contributed by atoms with Crippen LogP contribution in [0.2, 0.25) is 0 Å². The van der Waals surface area contributed by atoms with Crippen LogP contribution >= 0.6 is 59.1 Å². The van der Waals surface area contributed by atoms with Crippen LogP contribution in [0.1, 0.15) is 50.1 Å². The van der Waals surface area contributed by atoms with E-state index in [1.54, 1.807) is 0 Å². The molecule has 21 aromatic rings. The van der Waals surface area contributed by atoms with Crippen molar-refractivity contribution in [2.45, 2.75) is 16.8 Å². The second-order valence-corrected chi connectivity index (χ2v) is 33.8. The molecule has 5 nitrogen and oxygen atoms in total. The second kappa shape index (κ2) is 33.1. The van der Waals surface area contributed by atoms with Crippen LogP contribution in [0.25, 0.3) is 131 Å². The van der Waals surface area contributed by atoms with Crippen LogP contribution in [0.3, 0.4) is 0 Å². The maximum absolute atomic E-state index is 13.1. The molecule has 0 aliphatic heterocycles. The predicted octanol–water partition coefficient (Wildman–Crippen LogP) is 30.4. The van der Waals surface area contributed by atoms with Crippen LogP contribution in [0.4, 0.5) is 0 Å². The molecular formula is C111H75Br3O5S. The molecule has 3 atom stereocenters. The monoisotopic (exact) mass is 1760 g/mol. The lowest BCUT2D eigenvalue weighted by Gasteiger charge is -2.32. The lowest BCUT2D eigenvalue weighted by atomic mass is 9.76. The molecule has 3 N–H and O–H groups in total. The summed E-state index contributed by atoms with van der Waals surface area (Å²) in [5, 5.41) is 45.6. The van der Waals surface area contributed by atoms with Crippen LogP contribution in [0.15, 0.2) is 459 Å². The average Bonchev–Trinajstić information content (AvgIpc) is 1.61. The average molecular weight is 1760 g/mol. The number of thiophene rings is 1. The molecule has 0 bridgehead atoms. The van der Waals surface area contributed by atoms with Crippen molar-refractivity contribution in [1.29, 1.82) is 0 Å². The number of furan rings is 2. The first-order valence-corrected chi connectivity index (χ1v) is 43.0. The van der Waals surface area contributed by atoms with Gasteiger partial charge in [-0.25, -0.2) is 0 Å². The lowest BCUT2D eigenvalue weighted by Crippen LogP contribution is -2.30. The van der Waals surface area contributed by atoms with Gasteiger partial charge in [0, 0.05) is 83.0 Å². The predicted molar refractivity (Wildman–Crippen MR) is 507 cm³/mol. The van der Waals surface area contributed by atoms with Gasteiger partial charge in [-0.05, 0) is 150 Å². The number of fused-ring (bicyclic) bond motifs is 9. The summed E-state index contributed by atoms with van der Waals surface area (Å²) in [4.78, 5) is 0. The number of aliphatic hydroxyl groups is 3. The summed E-state index contributed by atoms with van der Waals surface area (Å²) < 4.78 is 18.3. The van der Waals surface area contributed by atoms with Gasteiger partial charge in [-0.15, -0.1) is 11.3 Å². The van der Waals surface area contributed by atoms with E-state index in [1.165, 1.54) is 25.7 Å². The van der Waals surface area contributed by atoms with Crippen molar-refractivity contribution in [2.75, 3.05) is 0 Å². The van der Waals surface area contributed by atoms with E-state index in [1.807, 2.05) is 254 Å². The third kappa shape index (κ3) is 14.4. The number of hydrogen-bond acceptors (Lipinski definition) is 6. The number of halogens is 3. The number of para-hydroxylation sites is 4. The molecule has 3 aromatic heterocycles. The Labute approximate surface area is 725 Å². The van der Waals surface area contributed by atoms with Crippen LogP contribution in [0.5, 0.6) is 0 Å². The van der Waals surface area contributed by atoms with E-state index in [2.05, 4.69) is 242 Å². The molecule has 0 saturated heterocycles. The molecule has 120 heavy (non-hydrogen) atoms. The quantitative estimate of drug-likeness (QED) is 0.0891. The van der Waals surface area contributed by atoms with E-state index in [9.17, 15) is 15.3 Å². The highest BCUT2D eigenvalue weighted by atomic mass is 79.9. The highest BCUT2D eigenvalue weighted by Crippen LogP contribution is 2.50. The summed E-state index contributed by atoms with van der Waals surface area (Å²) in [6.45, 7) is 0. The van der Waals surface area contributed by atoms with Crippen molar-refractivity contribution in [1.82, 2.24) is 0 Å². The van der Waals surface area contributed by atoms with E-state index >= 15 is 0 Å². The molecule has 0 spiro atoms. The first-order chi connectivity index (χ1) is 58.9. The normalized spacial score (nSPS) is 12.9. The zero-order valence-electron chi connectivity index (χ0n) is 64.8. The van der Waals surface area contributed by atoms with Gasteiger partial charge in [-0.2, -0.15) is 0 Å². The molecule has 21 rings (SSSR count). The summed E-state index contributed by atoms with van der Waals surface area (Å²) >= 11 is 12.6. The third-order valence-electron chi connectivity index (χ3n) is 23.0. The van der Waals surface area contributed by atoms with Crippen molar-refractivity contribution in [3.05, 3.63) is 500 Å². The molecule has 18 aromatic carbocycles. The fraction of sp³-hybridized carbons (Fsp3) is 0.0270. The fourth-order valence-corrected chi connectivity index (χ4v) is 19.5. The summed E-state index contributed by atoms with van der Waals surface area (Å²) in [6.07, 6.45) is 0. The summed E-state index contributed by atoms with van der Waals surface area (Å²) in [5.74, 6) is 0. The summed E-state index contributed by atoms with van der Waals surface area (Å²) in [5.41, 5.74) is 18.7. The Balaban J connectivity index is 0.000000119. The standard InChI is InChI=1S/2C37H25BrO2.C37H25BrOS/c38-29-22-20-27(21-23-29)37(39,34-18-6-4-14-30(34)25-10-2-1-3-11-25)28-13-8-12-26(24-28)31-16-9-17-33-32-15-5-7-19-35(32)40-36(31)33;38-29-13-8-12-27(24-29)25-20-22-28(23-21-25)37(39,33-17-6-4-14-30(33)26-10-2-1-3-11-26)34-18-9-16-32-31-15-5-7-19-35(31)40-36(32)34;38-29-13-8-12-28(24-29)37(39,34-18-6-4-14-30(34)25-10-2-1-3-11-25)27-22-20-26(21-23-27)31-16-9-17-33-32-15-5-7-19-35(32)40-36(31)33/h3*1-24,39H. The Bertz CT molecular complexity index is 7310. The Morgan fingerprint density at radius 3 is 1.12 bits per heavy atom. The van der Waals surface area contributed by atoms with Gasteiger partial charge in [0.25, 0.3) is 0 Å². The molecule has 3 heterocycles. The highest BCUT2D eigenvalue weighted by molar-refractivity contribution is 9.11. The molecule has 0 amide bonds. The zero-order valence-corrected chi connectivity index (χ0v) is 70.3. The number of benzene rings is 18. The lowest BCUT2D eigenvalue weighted by molar-refractivity contribution is 0.126. The van der Waals surface area contributed by atoms with Crippen LogP contribution < -0.4 is 0 Å².